The molecule has 1 fully saturated rings. The Morgan fingerprint density at radius 2 is 2.18 bits per heavy atom. The van der Waals surface area contributed by atoms with Crippen molar-refractivity contribution >= 4 is 21.6 Å². The highest BCUT2D eigenvalue weighted by atomic mass is 32.1. The third-order valence-corrected chi connectivity index (χ3v) is 4.12. The second-order valence-electron chi connectivity index (χ2n) is 4.42. The second kappa shape index (κ2) is 4.58. The number of thiophene rings is 1. The Hall–Kier alpha value is -1.20. The Morgan fingerprint density at radius 1 is 1.29 bits per heavy atom. The van der Waals surface area contributed by atoms with Crippen LogP contribution in [-0.4, -0.2) is 22.1 Å². The van der Waals surface area contributed by atoms with Gasteiger partial charge in [-0.05, 0) is 30.7 Å². The Bertz CT molecular complexity index is 513. The standard InChI is InChI=1S/C12H15N3OS/c13-8-3-1-2-4-10(8)16-12-11-9(5-6-17-11)14-7-15-12/h5-8,10H,1-4,13H2. The topological polar surface area (TPSA) is 61.0 Å². The second-order valence-corrected chi connectivity index (χ2v) is 5.33. The number of nitrogens with two attached hydrogens (primary N) is 1. The number of ether oxygens (including phenoxy) is 1. The van der Waals surface area contributed by atoms with Crippen LogP contribution in [-0.2, 0) is 0 Å². The summed E-state index contributed by atoms with van der Waals surface area (Å²) in [5, 5.41) is 2.01. The zero-order valence-corrected chi connectivity index (χ0v) is 10.3. The van der Waals surface area contributed by atoms with Crippen LogP contribution in [0.3, 0.4) is 0 Å². The van der Waals surface area contributed by atoms with Gasteiger partial charge in [0.25, 0.3) is 0 Å². The van der Waals surface area contributed by atoms with Gasteiger partial charge in [-0.1, -0.05) is 6.42 Å². The van der Waals surface area contributed by atoms with Crippen molar-refractivity contribution in [3.05, 3.63) is 17.8 Å². The molecule has 2 aromatic rings. The normalized spacial score (nSPS) is 25.0. The quantitative estimate of drug-likeness (QED) is 0.887. The third kappa shape index (κ3) is 2.12. The molecule has 0 bridgehead atoms. The first kappa shape index (κ1) is 10.9. The average molecular weight is 249 g/mol. The first-order valence-corrected chi connectivity index (χ1v) is 6.83. The molecule has 1 aliphatic rings. The number of fused-ring (bicyclic) bond motifs is 1. The van der Waals surface area contributed by atoms with Gasteiger partial charge in [-0.25, -0.2) is 9.97 Å². The molecule has 90 valence electrons. The van der Waals surface area contributed by atoms with Crippen LogP contribution in [0.2, 0.25) is 0 Å². The summed E-state index contributed by atoms with van der Waals surface area (Å²) in [6, 6.07) is 2.11. The number of rotatable bonds is 2. The van der Waals surface area contributed by atoms with Crippen LogP contribution in [0.15, 0.2) is 17.8 Å². The van der Waals surface area contributed by atoms with Crippen molar-refractivity contribution < 1.29 is 4.74 Å². The van der Waals surface area contributed by atoms with E-state index in [1.807, 2.05) is 11.4 Å². The summed E-state index contributed by atoms with van der Waals surface area (Å²) in [7, 11) is 0. The summed E-state index contributed by atoms with van der Waals surface area (Å²) in [6.07, 6.45) is 6.13. The molecule has 17 heavy (non-hydrogen) atoms. The fourth-order valence-corrected chi connectivity index (χ4v) is 3.04. The summed E-state index contributed by atoms with van der Waals surface area (Å²) in [6.45, 7) is 0. The Morgan fingerprint density at radius 3 is 3.06 bits per heavy atom. The predicted molar refractivity (Wildman–Crippen MR) is 68.3 cm³/mol. The molecular formula is C12H15N3OS. The summed E-state index contributed by atoms with van der Waals surface area (Å²) in [5.41, 5.74) is 7.03. The molecular weight excluding hydrogens is 234 g/mol. The fraction of sp³-hybridized carbons (Fsp3) is 0.500. The lowest BCUT2D eigenvalue weighted by Gasteiger charge is -2.28. The maximum atomic E-state index is 6.08. The Kier molecular flexibility index (Phi) is 2.94. The zero-order chi connectivity index (χ0) is 11.7. The van der Waals surface area contributed by atoms with E-state index in [0.29, 0.717) is 5.88 Å². The van der Waals surface area contributed by atoms with Gasteiger partial charge < -0.3 is 10.5 Å². The highest BCUT2D eigenvalue weighted by molar-refractivity contribution is 7.17. The van der Waals surface area contributed by atoms with Crippen LogP contribution in [0.25, 0.3) is 10.2 Å². The lowest BCUT2D eigenvalue weighted by molar-refractivity contribution is 0.129. The third-order valence-electron chi connectivity index (χ3n) is 3.23. The highest BCUT2D eigenvalue weighted by Gasteiger charge is 2.24. The molecule has 4 nitrogen and oxygen atoms in total. The molecule has 2 unspecified atom stereocenters. The summed E-state index contributed by atoms with van der Waals surface area (Å²) >= 11 is 1.61. The van der Waals surface area contributed by atoms with Gasteiger partial charge in [-0.15, -0.1) is 11.3 Å². The van der Waals surface area contributed by atoms with Crippen LogP contribution >= 0.6 is 11.3 Å². The first-order chi connectivity index (χ1) is 8.34. The van der Waals surface area contributed by atoms with Crippen LogP contribution in [0.1, 0.15) is 25.7 Å². The minimum absolute atomic E-state index is 0.101. The van der Waals surface area contributed by atoms with Crippen LogP contribution in [0.5, 0.6) is 5.88 Å². The van der Waals surface area contributed by atoms with Crippen molar-refractivity contribution in [2.75, 3.05) is 0 Å². The van der Waals surface area contributed by atoms with Gasteiger partial charge in [0, 0.05) is 6.04 Å². The maximum absolute atomic E-state index is 6.08. The molecule has 2 atom stereocenters. The van der Waals surface area contributed by atoms with Gasteiger partial charge in [-0.3, -0.25) is 0 Å². The van der Waals surface area contributed by atoms with E-state index < -0.39 is 0 Å². The van der Waals surface area contributed by atoms with E-state index in [2.05, 4.69) is 9.97 Å². The highest BCUT2D eigenvalue weighted by Crippen LogP contribution is 2.29. The van der Waals surface area contributed by atoms with Gasteiger partial charge in [0.15, 0.2) is 0 Å². The molecule has 0 aliphatic heterocycles. The maximum Gasteiger partial charge on any atom is 0.235 e. The summed E-state index contributed by atoms with van der Waals surface area (Å²) < 4.78 is 6.99. The number of hydrogen-bond acceptors (Lipinski definition) is 5. The SMILES string of the molecule is NC1CCCCC1Oc1ncnc2ccsc12. The van der Waals surface area contributed by atoms with Gasteiger partial charge in [-0.2, -0.15) is 0 Å². The largest absolute Gasteiger partial charge is 0.472 e. The van der Waals surface area contributed by atoms with Crippen molar-refractivity contribution in [3.63, 3.8) is 0 Å². The molecule has 2 N–H and O–H groups in total. The van der Waals surface area contributed by atoms with E-state index in [1.165, 1.54) is 12.8 Å². The van der Waals surface area contributed by atoms with Gasteiger partial charge in [0.1, 0.15) is 17.1 Å². The molecule has 5 heteroatoms. The van der Waals surface area contributed by atoms with E-state index in [9.17, 15) is 0 Å². The molecule has 0 spiro atoms. The van der Waals surface area contributed by atoms with Crippen molar-refractivity contribution in [2.45, 2.75) is 37.8 Å². The number of nitrogens with zero attached hydrogens (tertiary/aromatic N) is 2. The lowest BCUT2D eigenvalue weighted by atomic mass is 9.93. The molecule has 0 aromatic carbocycles. The zero-order valence-electron chi connectivity index (χ0n) is 9.50. The minimum atomic E-state index is 0.101. The van der Waals surface area contributed by atoms with Crippen LogP contribution < -0.4 is 10.5 Å². The molecule has 3 rings (SSSR count). The van der Waals surface area contributed by atoms with E-state index in [1.54, 1.807) is 17.7 Å². The molecule has 1 aliphatic carbocycles. The van der Waals surface area contributed by atoms with Crippen LogP contribution in [0, 0.1) is 0 Å². The van der Waals surface area contributed by atoms with E-state index >= 15 is 0 Å². The molecule has 2 heterocycles. The molecule has 0 radical (unpaired) electrons. The average Bonchev–Trinajstić information content (AvgIpc) is 2.81. The smallest absolute Gasteiger partial charge is 0.235 e. The predicted octanol–water partition coefficient (Wildman–Crippen LogP) is 2.34. The minimum Gasteiger partial charge on any atom is -0.472 e. The molecule has 0 amide bonds. The van der Waals surface area contributed by atoms with Gasteiger partial charge >= 0.3 is 0 Å². The van der Waals surface area contributed by atoms with Gasteiger partial charge in [0.2, 0.25) is 5.88 Å². The molecule has 0 saturated heterocycles. The molecule has 1 saturated carbocycles. The Labute approximate surface area is 104 Å². The van der Waals surface area contributed by atoms with Crippen molar-refractivity contribution in [3.8, 4) is 5.88 Å². The lowest BCUT2D eigenvalue weighted by Crippen LogP contribution is -2.41. The van der Waals surface area contributed by atoms with Gasteiger partial charge in [0.05, 0.1) is 5.52 Å². The van der Waals surface area contributed by atoms with Crippen molar-refractivity contribution in [1.29, 1.82) is 0 Å². The summed E-state index contributed by atoms with van der Waals surface area (Å²) in [4.78, 5) is 8.43. The Balaban J connectivity index is 1.86. The first-order valence-electron chi connectivity index (χ1n) is 5.95. The molecule has 2 aromatic heterocycles. The van der Waals surface area contributed by atoms with Crippen molar-refractivity contribution in [2.24, 2.45) is 5.73 Å². The van der Waals surface area contributed by atoms with E-state index in [4.69, 9.17) is 10.5 Å². The number of hydrogen-bond donors (Lipinski definition) is 1. The van der Waals surface area contributed by atoms with E-state index in [0.717, 1.165) is 23.1 Å². The van der Waals surface area contributed by atoms with Crippen LogP contribution in [0.4, 0.5) is 0 Å². The number of aromatic nitrogens is 2. The fourth-order valence-electron chi connectivity index (χ4n) is 2.27. The van der Waals surface area contributed by atoms with E-state index in [-0.39, 0.29) is 12.1 Å². The van der Waals surface area contributed by atoms with Crippen molar-refractivity contribution in [1.82, 2.24) is 9.97 Å². The monoisotopic (exact) mass is 249 g/mol. The summed E-state index contributed by atoms with van der Waals surface area (Å²) in [5.74, 6) is 0.687.